The van der Waals surface area contributed by atoms with Crippen molar-refractivity contribution in [1.82, 2.24) is 9.80 Å². The lowest BCUT2D eigenvalue weighted by molar-refractivity contribution is -0.135. The Kier molecular flexibility index (Phi) is 7.29. The Bertz CT molecular complexity index is 993. The maximum absolute atomic E-state index is 13.6. The lowest BCUT2D eigenvalue weighted by Crippen LogP contribution is -2.53. The van der Waals surface area contributed by atoms with Gasteiger partial charge in [-0.25, -0.2) is 4.79 Å². The molecule has 0 unspecified atom stereocenters. The van der Waals surface area contributed by atoms with Crippen molar-refractivity contribution in [3.05, 3.63) is 77.4 Å². The zero-order chi connectivity index (χ0) is 23.3. The standard InChI is InChI=1S/C28H34N2O3/c1-22-8-6-11-25(20-22)21-24-13-15-28(16-14-24)26(31)29(27(32)30(28)18-19-33-2)17-7-12-23-9-4-3-5-10-23/h3-12,20,24H,13-19,21H2,1-2H3/b12-7+. The molecule has 2 aliphatic rings. The van der Waals surface area contributed by atoms with Gasteiger partial charge in [-0.15, -0.1) is 0 Å². The first kappa shape index (κ1) is 23.2. The van der Waals surface area contributed by atoms with Crippen LogP contribution in [0.1, 0.15) is 42.4 Å². The minimum absolute atomic E-state index is 0.0460. The Morgan fingerprint density at radius 2 is 1.82 bits per heavy atom. The van der Waals surface area contributed by atoms with Crippen molar-refractivity contribution in [2.24, 2.45) is 5.92 Å². The van der Waals surface area contributed by atoms with Gasteiger partial charge in [-0.3, -0.25) is 9.69 Å². The molecule has 1 saturated carbocycles. The largest absolute Gasteiger partial charge is 0.383 e. The molecule has 0 radical (unpaired) electrons. The summed E-state index contributed by atoms with van der Waals surface area (Å²) >= 11 is 0. The molecule has 1 heterocycles. The van der Waals surface area contributed by atoms with E-state index >= 15 is 0 Å². The molecule has 1 spiro atoms. The number of rotatable bonds is 8. The molecule has 1 aliphatic heterocycles. The Morgan fingerprint density at radius 3 is 2.52 bits per heavy atom. The first-order valence-corrected chi connectivity index (χ1v) is 11.9. The van der Waals surface area contributed by atoms with Gasteiger partial charge in [0.15, 0.2) is 0 Å². The molecule has 5 heteroatoms. The van der Waals surface area contributed by atoms with E-state index in [2.05, 4.69) is 31.2 Å². The summed E-state index contributed by atoms with van der Waals surface area (Å²) in [6, 6.07) is 18.4. The molecule has 1 aliphatic carbocycles. The number of amides is 3. The van der Waals surface area contributed by atoms with Gasteiger partial charge >= 0.3 is 6.03 Å². The van der Waals surface area contributed by atoms with Gasteiger partial charge in [0.2, 0.25) is 0 Å². The quantitative estimate of drug-likeness (QED) is 0.531. The normalized spacial score (nSPS) is 23.3. The Balaban J connectivity index is 1.46. The Labute approximate surface area is 197 Å². The number of hydrogen-bond acceptors (Lipinski definition) is 3. The molecule has 0 aromatic heterocycles. The van der Waals surface area contributed by atoms with Crippen LogP contribution < -0.4 is 0 Å². The molecule has 0 N–H and O–H groups in total. The monoisotopic (exact) mass is 446 g/mol. The summed E-state index contributed by atoms with van der Waals surface area (Å²) in [5, 5.41) is 0. The molecule has 4 rings (SSSR count). The van der Waals surface area contributed by atoms with E-state index in [0.29, 0.717) is 25.6 Å². The molecule has 2 fully saturated rings. The fourth-order valence-corrected chi connectivity index (χ4v) is 5.31. The molecule has 33 heavy (non-hydrogen) atoms. The highest BCUT2D eigenvalue weighted by atomic mass is 16.5. The third-order valence-electron chi connectivity index (χ3n) is 7.08. The van der Waals surface area contributed by atoms with Crippen molar-refractivity contribution in [1.29, 1.82) is 0 Å². The fourth-order valence-electron chi connectivity index (χ4n) is 5.31. The highest BCUT2D eigenvalue weighted by Crippen LogP contribution is 2.43. The second kappa shape index (κ2) is 10.3. The molecular formula is C28H34N2O3. The van der Waals surface area contributed by atoms with Gasteiger partial charge in [0.05, 0.1) is 6.61 Å². The number of nitrogens with zero attached hydrogens (tertiary/aromatic N) is 2. The van der Waals surface area contributed by atoms with Crippen molar-refractivity contribution in [2.75, 3.05) is 26.8 Å². The average Bonchev–Trinajstić information content (AvgIpc) is 3.01. The van der Waals surface area contributed by atoms with Crippen molar-refractivity contribution in [3.8, 4) is 0 Å². The molecule has 2 aromatic rings. The van der Waals surface area contributed by atoms with Crippen molar-refractivity contribution < 1.29 is 14.3 Å². The zero-order valence-electron chi connectivity index (χ0n) is 19.7. The highest BCUT2D eigenvalue weighted by molar-refractivity contribution is 6.07. The van der Waals surface area contributed by atoms with Crippen LogP contribution in [0.25, 0.3) is 6.08 Å². The number of imide groups is 1. The number of methoxy groups -OCH3 is 1. The summed E-state index contributed by atoms with van der Waals surface area (Å²) in [5.74, 6) is 0.493. The van der Waals surface area contributed by atoms with Gasteiger partial charge in [0.25, 0.3) is 5.91 Å². The van der Waals surface area contributed by atoms with Crippen LogP contribution >= 0.6 is 0 Å². The van der Waals surface area contributed by atoms with E-state index in [0.717, 1.165) is 37.7 Å². The van der Waals surface area contributed by atoms with E-state index in [9.17, 15) is 9.59 Å². The van der Waals surface area contributed by atoms with Crippen molar-refractivity contribution in [2.45, 2.75) is 44.6 Å². The van der Waals surface area contributed by atoms with E-state index in [4.69, 9.17) is 4.74 Å². The van der Waals surface area contributed by atoms with Crippen LogP contribution in [0, 0.1) is 12.8 Å². The SMILES string of the molecule is COCCN1C(=O)N(C/C=C/c2ccccc2)C(=O)C12CCC(Cc1cccc(C)c1)CC2. The van der Waals surface area contributed by atoms with Gasteiger partial charge in [0.1, 0.15) is 5.54 Å². The topological polar surface area (TPSA) is 49.9 Å². The molecular weight excluding hydrogens is 412 g/mol. The molecule has 1 saturated heterocycles. The smallest absolute Gasteiger partial charge is 0.328 e. The number of hydrogen-bond donors (Lipinski definition) is 0. The van der Waals surface area contributed by atoms with Gasteiger partial charge in [0, 0.05) is 20.2 Å². The van der Waals surface area contributed by atoms with Crippen molar-refractivity contribution >= 4 is 18.0 Å². The molecule has 5 nitrogen and oxygen atoms in total. The van der Waals surface area contributed by atoms with Crippen LogP contribution in [0.2, 0.25) is 0 Å². The van der Waals surface area contributed by atoms with Gasteiger partial charge < -0.3 is 9.64 Å². The van der Waals surface area contributed by atoms with Crippen molar-refractivity contribution in [3.63, 3.8) is 0 Å². The van der Waals surface area contributed by atoms with E-state index in [1.807, 2.05) is 42.5 Å². The lowest BCUT2D eigenvalue weighted by atomic mass is 9.73. The predicted molar refractivity (Wildman–Crippen MR) is 131 cm³/mol. The highest BCUT2D eigenvalue weighted by Gasteiger charge is 2.57. The van der Waals surface area contributed by atoms with Gasteiger partial charge in [-0.2, -0.15) is 0 Å². The van der Waals surface area contributed by atoms with Crippen LogP contribution in [0.15, 0.2) is 60.7 Å². The van der Waals surface area contributed by atoms with E-state index in [1.54, 1.807) is 12.0 Å². The fraction of sp³-hybridized carbons (Fsp3) is 0.429. The molecule has 2 aromatic carbocycles. The number of ether oxygens (including phenoxy) is 1. The predicted octanol–water partition coefficient (Wildman–Crippen LogP) is 5.09. The zero-order valence-corrected chi connectivity index (χ0v) is 19.7. The van der Waals surface area contributed by atoms with Crippen LogP contribution in [-0.2, 0) is 16.0 Å². The van der Waals surface area contributed by atoms with Crippen LogP contribution in [0.4, 0.5) is 4.79 Å². The van der Waals surface area contributed by atoms with E-state index in [1.165, 1.54) is 16.0 Å². The molecule has 3 amide bonds. The summed E-state index contributed by atoms with van der Waals surface area (Å²) in [7, 11) is 1.63. The minimum Gasteiger partial charge on any atom is -0.383 e. The first-order valence-electron chi connectivity index (χ1n) is 11.9. The first-order chi connectivity index (χ1) is 16.0. The maximum Gasteiger partial charge on any atom is 0.328 e. The third kappa shape index (κ3) is 5.03. The summed E-state index contributed by atoms with van der Waals surface area (Å²) in [5.41, 5.74) is 2.97. The third-order valence-corrected chi connectivity index (χ3v) is 7.08. The minimum atomic E-state index is -0.723. The van der Waals surface area contributed by atoms with Gasteiger partial charge in [-0.1, -0.05) is 72.3 Å². The summed E-state index contributed by atoms with van der Waals surface area (Å²) in [6.45, 7) is 3.30. The number of benzene rings is 2. The van der Waals surface area contributed by atoms with Crippen LogP contribution in [0.3, 0.4) is 0 Å². The number of carbonyl (C=O) groups excluding carboxylic acids is 2. The van der Waals surface area contributed by atoms with Crippen LogP contribution in [-0.4, -0.2) is 54.1 Å². The summed E-state index contributed by atoms with van der Waals surface area (Å²) in [4.78, 5) is 30.1. The number of aryl methyl sites for hydroxylation is 1. The maximum atomic E-state index is 13.6. The molecule has 0 bridgehead atoms. The summed E-state index contributed by atoms with van der Waals surface area (Å²) < 4.78 is 5.27. The second-order valence-electron chi connectivity index (χ2n) is 9.32. The average molecular weight is 447 g/mol. The second-order valence-corrected chi connectivity index (χ2v) is 9.32. The van der Waals surface area contributed by atoms with E-state index in [-0.39, 0.29) is 11.9 Å². The Morgan fingerprint density at radius 1 is 1.06 bits per heavy atom. The number of carbonyl (C=O) groups is 2. The van der Waals surface area contributed by atoms with Crippen LogP contribution in [0.5, 0.6) is 0 Å². The lowest BCUT2D eigenvalue weighted by Gasteiger charge is -2.40. The summed E-state index contributed by atoms with van der Waals surface area (Å²) in [6.07, 6.45) is 8.23. The molecule has 0 atom stereocenters. The molecule has 174 valence electrons. The van der Waals surface area contributed by atoms with E-state index < -0.39 is 5.54 Å². The Hall–Kier alpha value is -2.92. The number of urea groups is 1. The van der Waals surface area contributed by atoms with Gasteiger partial charge in [-0.05, 0) is 56.1 Å².